The van der Waals surface area contributed by atoms with Gasteiger partial charge in [-0.05, 0) is 18.9 Å². The summed E-state index contributed by atoms with van der Waals surface area (Å²) in [4.78, 5) is 0. The zero-order valence-corrected chi connectivity index (χ0v) is 8.48. The topological polar surface area (TPSA) is 26.0 Å². The number of aryl methyl sites for hydroxylation is 1. The zero-order chi connectivity index (χ0) is 8.97. The van der Waals surface area contributed by atoms with Crippen LogP contribution < -0.4 is 5.73 Å². The molecule has 13 heavy (non-hydrogen) atoms. The average molecular weight is 204 g/mol. The summed E-state index contributed by atoms with van der Waals surface area (Å²) in [5.41, 5.74) is 7.93. The van der Waals surface area contributed by atoms with Gasteiger partial charge in [-0.1, -0.05) is 29.8 Å². The summed E-state index contributed by atoms with van der Waals surface area (Å²) in [5, 5.41) is 0. The minimum absolute atomic E-state index is 0. The van der Waals surface area contributed by atoms with Gasteiger partial charge in [-0.3, -0.25) is 4.39 Å². The standard InChI is InChI=1S/C10H14FN.ClH/c1-8-2-4-9(5-3-8)10(12)6-7-11;/h2-5,10H,6-7,12H2,1H3;1H/t10-;/m0./s1. The van der Waals surface area contributed by atoms with Gasteiger partial charge in [0.1, 0.15) is 0 Å². The van der Waals surface area contributed by atoms with Crippen LogP contribution in [0.15, 0.2) is 24.3 Å². The van der Waals surface area contributed by atoms with Gasteiger partial charge in [-0.2, -0.15) is 0 Å². The molecule has 0 aliphatic rings. The second kappa shape index (κ2) is 5.95. The van der Waals surface area contributed by atoms with Crippen LogP contribution in [0.1, 0.15) is 23.6 Å². The van der Waals surface area contributed by atoms with Crippen LogP contribution in [0.2, 0.25) is 0 Å². The van der Waals surface area contributed by atoms with Crippen molar-refractivity contribution in [2.24, 2.45) is 5.73 Å². The van der Waals surface area contributed by atoms with Crippen molar-refractivity contribution in [1.29, 1.82) is 0 Å². The summed E-state index contributed by atoms with van der Waals surface area (Å²) >= 11 is 0. The first-order chi connectivity index (χ1) is 5.74. The Labute approximate surface area is 84.5 Å². The van der Waals surface area contributed by atoms with Crippen molar-refractivity contribution in [3.63, 3.8) is 0 Å². The first-order valence-corrected chi connectivity index (χ1v) is 4.12. The fourth-order valence-corrected chi connectivity index (χ4v) is 1.10. The minimum Gasteiger partial charge on any atom is -0.324 e. The molecule has 0 amide bonds. The predicted molar refractivity (Wildman–Crippen MR) is 55.9 cm³/mol. The molecular weight excluding hydrogens is 189 g/mol. The van der Waals surface area contributed by atoms with Crippen molar-refractivity contribution < 1.29 is 4.39 Å². The van der Waals surface area contributed by atoms with E-state index in [1.165, 1.54) is 5.56 Å². The lowest BCUT2D eigenvalue weighted by Crippen LogP contribution is -2.10. The highest BCUT2D eigenvalue weighted by Crippen LogP contribution is 2.14. The van der Waals surface area contributed by atoms with Crippen LogP contribution in [0, 0.1) is 6.92 Å². The van der Waals surface area contributed by atoms with E-state index in [4.69, 9.17) is 5.73 Å². The van der Waals surface area contributed by atoms with Gasteiger partial charge in [0, 0.05) is 6.04 Å². The maximum Gasteiger partial charge on any atom is 0.0912 e. The van der Waals surface area contributed by atoms with Crippen LogP contribution in [0.5, 0.6) is 0 Å². The molecule has 0 fully saturated rings. The number of rotatable bonds is 3. The Morgan fingerprint density at radius 2 is 1.85 bits per heavy atom. The molecular formula is C10H15ClFN. The van der Waals surface area contributed by atoms with E-state index in [2.05, 4.69) is 0 Å². The fraction of sp³-hybridized carbons (Fsp3) is 0.400. The molecule has 0 radical (unpaired) electrons. The van der Waals surface area contributed by atoms with E-state index in [-0.39, 0.29) is 25.1 Å². The SMILES string of the molecule is Cc1ccc([C@@H](N)CCF)cc1.Cl. The minimum atomic E-state index is -0.352. The van der Waals surface area contributed by atoms with Crippen molar-refractivity contribution in [3.05, 3.63) is 35.4 Å². The number of hydrogen-bond donors (Lipinski definition) is 1. The number of hydrogen-bond acceptors (Lipinski definition) is 1. The van der Waals surface area contributed by atoms with Crippen molar-refractivity contribution >= 4 is 12.4 Å². The molecule has 0 aliphatic heterocycles. The maximum atomic E-state index is 11.9. The van der Waals surface area contributed by atoms with E-state index in [0.717, 1.165) is 5.56 Å². The largest absolute Gasteiger partial charge is 0.324 e. The Bertz CT molecular complexity index is 235. The molecule has 74 valence electrons. The van der Waals surface area contributed by atoms with Crippen molar-refractivity contribution in [2.75, 3.05) is 6.67 Å². The summed E-state index contributed by atoms with van der Waals surface area (Å²) in [6.07, 6.45) is 0.406. The third kappa shape index (κ3) is 3.75. The molecule has 0 saturated carbocycles. The molecule has 1 nitrogen and oxygen atoms in total. The van der Waals surface area contributed by atoms with Crippen molar-refractivity contribution in [3.8, 4) is 0 Å². The zero-order valence-electron chi connectivity index (χ0n) is 7.66. The van der Waals surface area contributed by atoms with E-state index in [9.17, 15) is 4.39 Å². The molecule has 0 aliphatic carbocycles. The van der Waals surface area contributed by atoms with Crippen molar-refractivity contribution in [2.45, 2.75) is 19.4 Å². The van der Waals surface area contributed by atoms with E-state index < -0.39 is 0 Å². The molecule has 3 heteroatoms. The highest BCUT2D eigenvalue weighted by molar-refractivity contribution is 5.85. The average Bonchev–Trinajstić information content (AvgIpc) is 2.06. The second-order valence-electron chi connectivity index (χ2n) is 2.99. The van der Waals surface area contributed by atoms with Gasteiger partial charge < -0.3 is 5.73 Å². The second-order valence-corrected chi connectivity index (χ2v) is 2.99. The number of halogens is 2. The highest BCUT2D eigenvalue weighted by atomic mass is 35.5. The Hall–Kier alpha value is -0.600. The lowest BCUT2D eigenvalue weighted by atomic mass is 10.0. The first-order valence-electron chi connectivity index (χ1n) is 4.12. The molecule has 1 rings (SSSR count). The third-order valence-corrected chi connectivity index (χ3v) is 1.93. The fourth-order valence-electron chi connectivity index (χ4n) is 1.10. The van der Waals surface area contributed by atoms with Gasteiger partial charge in [-0.15, -0.1) is 12.4 Å². The summed E-state index contributed by atoms with van der Waals surface area (Å²) < 4.78 is 11.9. The van der Waals surface area contributed by atoms with E-state index in [1.807, 2.05) is 31.2 Å². The van der Waals surface area contributed by atoms with Crippen LogP contribution in [0.25, 0.3) is 0 Å². The Balaban J connectivity index is 0.00000144. The van der Waals surface area contributed by atoms with Crippen LogP contribution in [-0.4, -0.2) is 6.67 Å². The Morgan fingerprint density at radius 1 is 1.31 bits per heavy atom. The van der Waals surface area contributed by atoms with Crippen LogP contribution >= 0.6 is 12.4 Å². The molecule has 2 N–H and O–H groups in total. The molecule has 0 aromatic heterocycles. The lowest BCUT2D eigenvalue weighted by molar-refractivity contribution is 0.442. The van der Waals surface area contributed by atoms with E-state index in [0.29, 0.717) is 6.42 Å². The number of alkyl halides is 1. The van der Waals surface area contributed by atoms with Gasteiger partial charge in [0.25, 0.3) is 0 Å². The van der Waals surface area contributed by atoms with Crippen LogP contribution in [-0.2, 0) is 0 Å². The molecule has 1 aromatic carbocycles. The highest BCUT2D eigenvalue weighted by Gasteiger charge is 2.03. The Kier molecular flexibility index (Phi) is 5.67. The van der Waals surface area contributed by atoms with Gasteiger partial charge in [0.2, 0.25) is 0 Å². The molecule has 1 atom stereocenters. The number of benzene rings is 1. The third-order valence-electron chi connectivity index (χ3n) is 1.93. The van der Waals surface area contributed by atoms with Crippen LogP contribution in [0.3, 0.4) is 0 Å². The van der Waals surface area contributed by atoms with Crippen LogP contribution in [0.4, 0.5) is 4.39 Å². The first kappa shape index (κ1) is 12.4. The van der Waals surface area contributed by atoms with Crippen molar-refractivity contribution in [1.82, 2.24) is 0 Å². The molecule has 0 spiro atoms. The van der Waals surface area contributed by atoms with E-state index in [1.54, 1.807) is 0 Å². The normalized spacial score (nSPS) is 11.9. The monoisotopic (exact) mass is 203 g/mol. The summed E-state index contributed by atoms with van der Waals surface area (Å²) in [6, 6.07) is 7.74. The van der Waals surface area contributed by atoms with Gasteiger partial charge in [0.05, 0.1) is 6.67 Å². The van der Waals surface area contributed by atoms with Gasteiger partial charge in [-0.25, -0.2) is 0 Å². The molecule has 0 bridgehead atoms. The molecule has 0 saturated heterocycles. The Morgan fingerprint density at radius 3 is 2.31 bits per heavy atom. The lowest BCUT2D eigenvalue weighted by Gasteiger charge is -2.09. The predicted octanol–water partition coefficient (Wildman–Crippen LogP) is 2.78. The number of nitrogens with two attached hydrogens (primary N) is 1. The smallest absolute Gasteiger partial charge is 0.0912 e. The van der Waals surface area contributed by atoms with Gasteiger partial charge in [0.15, 0.2) is 0 Å². The summed E-state index contributed by atoms with van der Waals surface area (Å²) in [5.74, 6) is 0. The van der Waals surface area contributed by atoms with E-state index >= 15 is 0 Å². The molecule has 0 heterocycles. The quantitative estimate of drug-likeness (QED) is 0.804. The molecule has 1 aromatic rings. The maximum absolute atomic E-state index is 11.9. The summed E-state index contributed by atoms with van der Waals surface area (Å²) in [6.45, 7) is 1.67. The molecule has 0 unspecified atom stereocenters. The summed E-state index contributed by atoms with van der Waals surface area (Å²) in [7, 11) is 0. The van der Waals surface area contributed by atoms with Gasteiger partial charge >= 0.3 is 0 Å².